The zero-order valence-corrected chi connectivity index (χ0v) is 12.8. The fourth-order valence-electron chi connectivity index (χ4n) is 2.13. The molecule has 0 aliphatic carbocycles. The zero-order chi connectivity index (χ0) is 15.5. The Labute approximate surface area is 131 Å². The number of alkyl halides is 1. The number of carboxylic acid groups (broad SMARTS) is 1. The Morgan fingerprint density at radius 2 is 2.14 bits per heavy atom. The Morgan fingerprint density at radius 3 is 2.76 bits per heavy atom. The lowest BCUT2D eigenvalue weighted by Crippen LogP contribution is -2.39. The van der Waals surface area contributed by atoms with Gasteiger partial charge in [-0.05, 0) is 12.1 Å². The van der Waals surface area contributed by atoms with Crippen LogP contribution < -0.4 is 0 Å². The van der Waals surface area contributed by atoms with Crippen molar-refractivity contribution in [2.75, 3.05) is 18.8 Å². The highest BCUT2D eigenvalue weighted by molar-refractivity contribution is 7.99. The van der Waals surface area contributed by atoms with Crippen LogP contribution in [0.25, 0.3) is 0 Å². The smallest absolute Gasteiger partial charge is 0.343 e. The average molecular weight is 332 g/mol. The van der Waals surface area contributed by atoms with Crippen molar-refractivity contribution in [1.82, 2.24) is 4.90 Å². The Balaban J connectivity index is 1.81. The summed E-state index contributed by atoms with van der Waals surface area (Å²) < 4.78 is 13.9. The van der Waals surface area contributed by atoms with Crippen molar-refractivity contribution in [1.29, 1.82) is 0 Å². The highest BCUT2D eigenvalue weighted by Crippen LogP contribution is 2.29. The first-order valence-electron chi connectivity index (χ1n) is 6.50. The molecular formula is C14H15ClFNO3S. The van der Waals surface area contributed by atoms with Gasteiger partial charge in [-0.15, -0.1) is 11.8 Å². The van der Waals surface area contributed by atoms with Crippen LogP contribution in [0.3, 0.4) is 0 Å². The molecule has 7 heteroatoms. The van der Waals surface area contributed by atoms with Crippen LogP contribution in [0, 0.1) is 0 Å². The summed E-state index contributed by atoms with van der Waals surface area (Å²) in [4.78, 5) is 24.9. The molecule has 0 bridgehead atoms. The molecule has 0 saturated carbocycles. The number of carbonyl (C=O) groups is 2. The molecule has 1 N–H and O–H groups in total. The van der Waals surface area contributed by atoms with Crippen molar-refractivity contribution in [3.8, 4) is 0 Å². The quantitative estimate of drug-likeness (QED) is 0.843. The van der Waals surface area contributed by atoms with Crippen LogP contribution in [0.5, 0.6) is 0 Å². The molecule has 1 fully saturated rings. The second-order valence-electron chi connectivity index (χ2n) is 4.86. The lowest BCUT2D eigenvalue weighted by molar-refractivity contribution is -0.150. The molecule has 1 atom stereocenters. The standard InChI is InChI=1S/C14H15ClFNO3S/c15-10-3-1-2-4-11(10)21-8-5-12(18)17-7-6-14(16,9-17)13(19)20/h1-4H,5-9H2,(H,19,20). The first kappa shape index (κ1) is 16.1. The summed E-state index contributed by atoms with van der Waals surface area (Å²) in [5, 5.41) is 9.43. The molecule has 1 aliphatic rings. The van der Waals surface area contributed by atoms with Crippen LogP contribution in [0.4, 0.5) is 4.39 Å². The third-order valence-electron chi connectivity index (χ3n) is 3.37. The van der Waals surface area contributed by atoms with Crippen molar-refractivity contribution in [3.63, 3.8) is 0 Å². The molecule has 1 heterocycles. The van der Waals surface area contributed by atoms with Crippen LogP contribution in [0.15, 0.2) is 29.2 Å². The Hall–Kier alpha value is -1.27. The molecule has 0 aromatic heterocycles. The van der Waals surface area contributed by atoms with E-state index in [9.17, 15) is 14.0 Å². The molecular weight excluding hydrogens is 317 g/mol. The molecule has 1 unspecified atom stereocenters. The first-order chi connectivity index (χ1) is 9.92. The number of carbonyl (C=O) groups excluding carboxylic acids is 1. The molecule has 1 aromatic carbocycles. The number of halogens is 2. The molecule has 0 radical (unpaired) electrons. The summed E-state index contributed by atoms with van der Waals surface area (Å²) in [7, 11) is 0. The number of rotatable bonds is 5. The summed E-state index contributed by atoms with van der Waals surface area (Å²) in [5.41, 5.74) is -2.30. The largest absolute Gasteiger partial charge is 0.479 e. The zero-order valence-electron chi connectivity index (χ0n) is 11.2. The van der Waals surface area contributed by atoms with Crippen LogP contribution in [0.2, 0.25) is 5.02 Å². The van der Waals surface area contributed by atoms with Gasteiger partial charge in [-0.25, -0.2) is 9.18 Å². The van der Waals surface area contributed by atoms with Gasteiger partial charge in [-0.1, -0.05) is 23.7 Å². The lowest BCUT2D eigenvalue weighted by Gasteiger charge is -2.17. The van der Waals surface area contributed by atoms with E-state index in [-0.39, 0.29) is 31.8 Å². The molecule has 0 spiro atoms. The van der Waals surface area contributed by atoms with Crippen molar-refractivity contribution in [2.24, 2.45) is 0 Å². The van der Waals surface area contributed by atoms with Gasteiger partial charge in [0, 0.05) is 30.0 Å². The summed E-state index contributed by atoms with van der Waals surface area (Å²) in [6, 6.07) is 7.33. The highest BCUT2D eigenvalue weighted by Gasteiger charge is 2.46. The minimum absolute atomic E-state index is 0.147. The maximum Gasteiger partial charge on any atom is 0.343 e. The first-order valence-corrected chi connectivity index (χ1v) is 7.86. The second kappa shape index (κ2) is 6.66. The predicted molar refractivity (Wildman–Crippen MR) is 79.5 cm³/mol. The monoisotopic (exact) mass is 331 g/mol. The number of nitrogens with zero attached hydrogens (tertiary/aromatic N) is 1. The molecule has 1 saturated heterocycles. The molecule has 1 amide bonds. The van der Waals surface area contributed by atoms with Gasteiger partial charge in [-0.3, -0.25) is 4.79 Å². The van der Waals surface area contributed by atoms with Gasteiger partial charge < -0.3 is 10.0 Å². The van der Waals surface area contributed by atoms with Crippen LogP contribution >= 0.6 is 23.4 Å². The lowest BCUT2D eigenvalue weighted by atomic mass is 10.1. The van der Waals surface area contributed by atoms with Gasteiger partial charge in [0.2, 0.25) is 11.6 Å². The minimum atomic E-state index is -2.30. The average Bonchev–Trinajstić information content (AvgIpc) is 2.85. The number of hydrogen-bond donors (Lipinski definition) is 1. The third-order valence-corrected chi connectivity index (χ3v) is 4.88. The van der Waals surface area contributed by atoms with Crippen LogP contribution in [-0.2, 0) is 9.59 Å². The number of carboxylic acids is 1. The van der Waals surface area contributed by atoms with E-state index < -0.39 is 11.6 Å². The maximum atomic E-state index is 13.9. The van der Waals surface area contributed by atoms with E-state index in [1.807, 2.05) is 18.2 Å². The van der Waals surface area contributed by atoms with Gasteiger partial charge in [0.25, 0.3) is 0 Å². The summed E-state index contributed by atoms with van der Waals surface area (Å²) in [6.45, 7) is -0.212. The van der Waals surface area contributed by atoms with Crippen LogP contribution in [0.1, 0.15) is 12.8 Å². The highest BCUT2D eigenvalue weighted by atomic mass is 35.5. The van der Waals surface area contributed by atoms with Gasteiger partial charge in [0.1, 0.15) is 0 Å². The van der Waals surface area contributed by atoms with E-state index in [0.717, 1.165) is 4.90 Å². The maximum absolute atomic E-state index is 13.9. The number of aliphatic carboxylic acids is 1. The minimum Gasteiger partial charge on any atom is -0.479 e. The van der Waals surface area contributed by atoms with E-state index in [4.69, 9.17) is 16.7 Å². The van der Waals surface area contributed by atoms with E-state index >= 15 is 0 Å². The third kappa shape index (κ3) is 3.89. The molecule has 1 aromatic rings. The Kier molecular flexibility index (Phi) is 5.11. The van der Waals surface area contributed by atoms with E-state index in [1.54, 1.807) is 6.07 Å². The van der Waals surface area contributed by atoms with E-state index in [2.05, 4.69) is 0 Å². The van der Waals surface area contributed by atoms with Crippen molar-refractivity contribution < 1.29 is 19.1 Å². The van der Waals surface area contributed by atoms with Crippen molar-refractivity contribution in [2.45, 2.75) is 23.4 Å². The SMILES string of the molecule is O=C(CCSc1ccccc1Cl)N1CCC(F)(C(=O)O)C1. The van der Waals surface area contributed by atoms with Gasteiger partial charge in [-0.2, -0.15) is 0 Å². The fourth-order valence-corrected chi connectivity index (χ4v) is 3.31. The Morgan fingerprint density at radius 1 is 1.43 bits per heavy atom. The number of amides is 1. The Bertz CT molecular complexity index is 557. The van der Waals surface area contributed by atoms with Gasteiger partial charge in [0.15, 0.2) is 0 Å². The molecule has 2 rings (SSSR count). The van der Waals surface area contributed by atoms with Crippen LogP contribution in [-0.4, -0.2) is 46.4 Å². The number of thioether (sulfide) groups is 1. The normalized spacial score (nSPS) is 21.5. The summed E-state index contributed by atoms with van der Waals surface area (Å²) in [6.07, 6.45) is 0.0807. The molecule has 21 heavy (non-hydrogen) atoms. The predicted octanol–water partition coefficient (Wildman–Crippen LogP) is 2.85. The number of hydrogen-bond acceptors (Lipinski definition) is 3. The number of benzene rings is 1. The van der Waals surface area contributed by atoms with Gasteiger partial charge in [0.05, 0.1) is 11.6 Å². The van der Waals surface area contributed by atoms with Crippen molar-refractivity contribution in [3.05, 3.63) is 29.3 Å². The molecule has 1 aliphatic heterocycles. The van der Waals surface area contributed by atoms with E-state index in [1.165, 1.54) is 16.7 Å². The second-order valence-corrected chi connectivity index (χ2v) is 6.41. The molecule has 114 valence electrons. The number of likely N-dealkylation sites (tertiary alicyclic amines) is 1. The van der Waals surface area contributed by atoms with Crippen molar-refractivity contribution >= 4 is 35.2 Å². The van der Waals surface area contributed by atoms with E-state index in [0.29, 0.717) is 10.8 Å². The fraction of sp³-hybridized carbons (Fsp3) is 0.429. The summed E-state index contributed by atoms with van der Waals surface area (Å²) in [5.74, 6) is -1.20. The summed E-state index contributed by atoms with van der Waals surface area (Å²) >= 11 is 7.46. The topological polar surface area (TPSA) is 57.6 Å². The molecule has 4 nitrogen and oxygen atoms in total. The van der Waals surface area contributed by atoms with Gasteiger partial charge >= 0.3 is 5.97 Å².